The molecule has 19 heavy (non-hydrogen) atoms. The molecule has 5 heteroatoms. The standard InChI is InChI=1S/C14H13NO4/c16-12(15-14(13(17)18)6-3-7-14)10-8-19-11-5-2-1-4-9(10)11/h1-2,4-5,8H,3,6-7H2,(H,15,16)(H,17,18). The maximum absolute atomic E-state index is 12.2. The van der Waals surface area contributed by atoms with Crippen LogP contribution < -0.4 is 5.32 Å². The van der Waals surface area contributed by atoms with E-state index in [4.69, 9.17) is 4.42 Å². The lowest BCUT2D eigenvalue weighted by Crippen LogP contribution is -2.59. The van der Waals surface area contributed by atoms with Crippen LogP contribution in [-0.4, -0.2) is 22.5 Å². The maximum atomic E-state index is 12.2. The molecule has 0 spiro atoms. The zero-order chi connectivity index (χ0) is 13.5. The Balaban J connectivity index is 1.90. The van der Waals surface area contributed by atoms with Gasteiger partial charge in [-0.15, -0.1) is 0 Å². The molecule has 1 aliphatic rings. The van der Waals surface area contributed by atoms with Gasteiger partial charge in [-0.05, 0) is 25.3 Å². The molecule has 2 N–H and O–H groups in total. The van der Waals surface area contributed by atoms with Crippen LogP contribution in [0.3, 0.4) is 0 Å². The van der Waals surface area contributed by atoms with Crippen molar-refractivity contribution >= 4 is 22.8 Å². The van der Waals surface area contributed by atoms with Gasteiger partial charge >= 0.3 is 5.97 Å². The van der Waals surface area contributed by atoms with E-state index in [0.717, 1.165) is 6.42 Å². The highest BCUT2D eigenvalue weighted by atomic mass is 16.4. The highest BCUT2D eigenvalue weighted by molar-refractivity contribution is 6.07. The molecule has 0 bridgehead atoms. The molecule has 0 aliphatic heterocycles. The van der Waals surface area contributed by atoms with E-state index in [-0.39, 0.29) is 0 Å². The molecule has 1 aliphatic carbocycles. The second-order valence-corrected chi connectivity index (χ2v) is 4.84. The van der Waals surface area contributed by atoms with E-state index in [0.29, 0.717) is 29.4 Å². The highest BCUT2D eigenvalue weighted by Crippen LogP contribution is 2.33. The number of carboxylic acids is 1. The summed E-state index contributed by atoms with van der Waals surface area (Å²) in [6, 6.07) is 7.17. The van der Waals surface area contributed by atoms with Crippen LogP contribution >= 0.6 is 0 Å². The van der Waals surface area contributed by atoms with Crippen LogP contribution in [-0.2, 0) is 4.79 Å². The van der Waals surface area contributed by atoms with Crippen LogP contribution in [0.25, 0.3) is 11.0 Å². The summed E-state index contributed by atoms with van der Waals surface area (Å²) >= 11 is 0. The normalized spacial score (nSPS) is 16.8. The molecule has 1 amide bonds. The Morgan fingerprint density at radius 3 is 2.63 bits per heavy atom. The van der Waals surface area contributed by atoms with Crippen molar-refractivity contribution in [2.45, 2.75) is 24.8 Å². The molecule has 0 saturated heterocycles. The second-order valence-electron chi connectivity index (χ2n) is 4.84. The van der Waals surface area contributed by atoms with Crippen LogP contribution in [0.15, 0.2) is 34.9 Å². The predicted octanol–water partition coefficient (Wildman–Crippen LogP) is 2.17. The van der Waals surface area contributed by atoms with E-state index in [1.807, 2.05) is 12.1 Å². The van der Waals surface area contributed by atoms with Gasteiger partial charge in [0.05, 0.1) is 5.56 Å². The van der Waals surface area contributed by atoms with Crippen LogP contribution in [0.5, 0.6) is 0 Å². The summed E-state index contributed by atoms with van der Waals surface area (Å²) in [5, 5.41) is 12.5. The van der Waals surface area contributed by atoms with Gasteiger partial charge in [-0.1, -0.05) is 18.2 Å². The summed E-state index contributed by atoms with van der Waals surface area (Å²) in [6.07, 6.45) is 3.14. The van der Waals surface area contributed by atoms with Crippen LogP contribution in [0.4, 0.5) is 0 Å². The Labute approximate surface area is 109 Å². The quantitative estimate of drug-likeness (QED) is 0.885. The van der Waals surface area contributed by atoms with Gasteiger partial charge in [-0.2, -0.15) is 0 Å². The molecular weight excluding hydrogens is 246 g/mol. The van der Waals surface area contributed by atoms with Gasteiger partial charge in [-0.25, -0.2) is 4.79 Å². The van der Waals surface area contributed by atoms with E-state index in [2.05, 4.69) is 5.32 Å². The smallest absolute Gasteiger partial charge is 0.329 e. The third-order valence-corrected chi connectivity index (χ3v) is 3.69. The third kappa shape index (κ3) is 1.78. The number of furan rings is 1. The number of amides is 1. The summed E-state index contributed by atoms with van der Waals surface area (Å²) in [7, 11) is 0. The van der Waals surface area contributed by atoms with Gasteiger partial charge in [0.2, 0.25) is 0 Å². The number of hydrogen-bond acceptors (Lipinski definition) is 3. The third-order valence-electron chi connectivity index (χ3n) is 3.69. The summed E-state index contributed by atoms with van der Waals surface area (Å²) in [5.41, 5.74) is -0.108. The zero-order valence-electron chi connectivity index (χ0n) is 10.2. The SMILES string of the molecule is O=C(NC1(C(=O)O)CCC1)c1coc2ccccc12. The second kappa shape index (κ2) is 4.12. The van der Waals surface area contributed by atoms with Gasteiger partial charge < -0.3 is 14.8 Å². The highest BCUT2D eigenvalue weighted by Gasteiger charge is 2.46. The number of carbonyl (C=O) groups excluding carboxylic acids is 1. The van der Waals surface area contributed by atoms with Crippen LogP contribution in [0, 0.1) is 0 Å². The van der Waals surface area contributed by atoms with Crippen molar-refractivity contribution in [1.82, 2.24) is 5.32 Å². The monoisotopic (exact) mass is 259 g/mol. The lowest BCUT2D eigenvalue weighted by molar-refractivity contribution is -0.148. The first kappa shape index (κ1) is 11.8. The molecule has 0 unspecified atom stereocenters. The number of fused-ring (bicyclic) bond motifs is 1. The molecule has 0 radical (unpaired) electrons. The van der Waals surface area contributed by atoms with E-state index in [1.54, 1.807) is 12.1 Å². The number of benzene rings is 1. The molecule has 1 fully saturated rings. The van der Waals surface area contributed by atoms with Gasteiger partial charge in [0, 0.05) is 5.39 Å². The van der Waals surface area contributed by atoms with Gasteiger partial charge in [0.25, 0.3) is 5.91 Å². The molecule has 3 rings (SSSR count). The molecule has 1 aromatic carbocycles. The van der Waals surface area contributed by atoms with Gasteiger partial charge in [0.1, 0.15) is 17.4 Å². The first-order chi connectivity index (χ1) is 9.12. The van der Waals surface area contributed by atoms with E-state index in [9.17, 15) is 14.7 Å². The number of aliphatic carboxylic acids is 1. The van der Waals surface area contributed by atoms with Crippen molar-refractivity contribution < 1.29 is 19.1 Å². The minimum absolute atomic E-state index is 0.378. The summed E-state index contributed by atoms with van der Waals surface area (Å²) in [6.45, 7) is 0. The van der Waals surface area contributed by atoms with Gasteiger partial charge in [0.15, 0.2) is 0 Å². The van der Waals surface area contributed by atoms with Crippen molar-refractivity contribution in [3.05, 3.63) is 36.1 Å². The van der Waals surface area contributed by atoms with E-state index in [1.165, 1.54) is 6.26 Å². The first-order valence-corrected chi connectivity index (χ1v) is 6.14. The Morgan fingerprint density at radius 1 is 1.26 bits per heavy atom. The van der Waals surface area contributed by atoms with Crippen molar-refractivity contribution in [2.24, 2.45) is 0 Å². The summed E-state index contributed by atoms with van der Waals surface area (Å²) < 4.78 is 5.29. The van der Waals surface area contributed by atoms with Crippen LogP contribution in [0.2, 0.25) is 0 Å². The average molecular weight is 259 g/mol. The Bertz CT molecular complexity index is 654. The Hall–Kier alpha value is -2.30. The minimum Gasteiger partial charge on any atom is -0.480 e. The average Bonchev–Trinajstić information content (AvgIpc) is 2.77. The number of carboxylic acid groups (broad SMARTS) is 1. The van der Waals surface area contributed by atoms with E-state index < -0.39 is 17.4 Å². The molecule has 1 aromatic heterocycles. The lowest BCUT2D eigenvalue weighted by Gasteiger charge is -2.38. The van der Waals surface area contributed by atoms with Crippen molar-refractivity contribution in [3.8, 4) is 0 Å². The number of hydrogen-bond donors (Lipinski definition) is 2. The van der Waals surface area contributed by atoms with E-state index >= 15 is 0 Å². The fraction of sp³-hybridized carbons (Fsp3) is 0.286. The lowest BCUT2D eigenvalue weighted by atomic mass is 9.76. The predicted molar refractivity (Wildman–Crippen MR) is 67.9 cm³/mol. The van der Waals surface area contributed by atoms with Gasteiger partial charge in [-0.3, -0.25) is 4.79 Å². The number of carbonyl (C=O) groups is 2. The number of nitrogens with one attached hydrogen (secondary N) is 1. The molecule has 0 atom stereocenters. The fourth-order valence-corrected chi connectivity index (χ4v) is 2.36. The number of rotatable bonds is 3. The largest absolute Gasteiger partial charge is 0.480 e. The van der Waals surface area contributed by atoms with Crippen molar-refractivity contribution in [1.29, 1.82) is 0 Å². The topological polar surface area (TPSA) is 79.5 Å². The summed E-state index contributed by atoms with van der Waals surface area (Å²) in [4.78, 5) is 23.4. The van der Waals surface area contributed by atoms with Crippen molar-refractivity contribution in [2.75, 3.05) is 0 Å². The minimum atomic E-state index is -1.10. The van der Waals surface area contributed by atoms with Crippen molar-refractivity contribution in [3.63, 3.8) is 0 Å². The Kier molecular flexibility index (Phi) is 2.55. The Morgan fingerprint density at radius 2 is 2.00 bits per heavy atom. The maximum Gasteiger partial charge on any atom is 0.329 e. The zero-order valence-corrected chi connectivity index (χ0v) is 10.2. The molecule has 2 aromatic rings. The summed E-state index contributed by atoms with van der Waals surface area (Å²) in [5.74, 6) is -1.37. The first-order valence-electron chi connectivity index (χ1n) is 6.14. The molecule has 1 heterocycles. The molecule has 1 saturated carbocycles. The molecule has 5 nitrogen and oxygen atoms in total. The molecule has 98 valence electrons. The van der Waals surface area contributed by atoms with Crippen LogP contribution in [0.1, 0.15) is 29.6 Å². The fourth-order valence-electron chi connectivity index (χ4n) is 2.36. The number of para-hydroxylation sites is 1. The molecular formula is C14H13NO4.